The predicted molar refractivity (Wildman–Crippen MR) is 81.8 cm³/mol. The third kappa shape index (κ3) is 3.12. The molecular weight excluding hydrogens is 252 g/mol. The number of hydrogen-bond donors (Lipinski definition) is 2. The van der Waals surface area contributed by atoms with E-state index >= 15 is 0 Å². The fourth-order valence-electron chi connectivity index (χ4n) is 1.99. The quantitative estimate of drug-likeness (QED) is 0.894. The molecular formula is C15H20N4O. The van der Waals surface area contributed by atoms with Crippen molar-refractivity contribution in [1.29, 1.82) is 0 Å². The van der Waals surface area contributed by atoms with Gasteiger partial charge in [0.2, 0.25) is 0 Å². The lowest BCUT2D eigenvalue weighted by Gasteiger charge is -2.17. The van der Waals surface area contributed by atoms with Crippen LogP contribution in [0, 0.1) is 0 Å². The zero-order valence-electron chi connectivity index (χ0n) is 12.1. The number of anilines is 2. The average Bonchev–Trinajstić information content (AvgIpc) is 2.85. The second-order valence-electron chi connectivity index (χ2n) is 5.07. The molecule has 0 radical (unpaired) electrons. The van der Waals surface area contributed by atoms with Gasteiger partial charge in [-0.05, 0) is 23.8 Å². The first kappa shape index (κ1) is 14.0. The van der Waals surface area contributed by atoms with E-state index in [2.05, 4.69) is 4.98 Å². The normalized spacial score (nSPS) is 10.3. The maximum absolute atomic E-state index is 12.2. The topological polar surface area (TPSA) is 65.4 Å². The predicted octanol–water partition coefficient (Wildman–Crippen LogP) is 1.94. The molecule has 0 unspecified atom stereocenters. The zero-order valence-corrected chi connectivity index (χ0v) is 12.1. The van der Waals surface area contributed by atoms with Gasteiger partial charge in [0.05, 0.1) is 0 Å². The van der Waals surface area contributed by atoms with Gasteiger partial charge in [-0.3, -0.25) is 4.79 Å². The van der Waals surface area contributed by atoms with E-state index in [0.29, 0.717) is 17.9 Å². The number of hydrogen-bond acceptors (Lipinski definition) is 3. The van der Waals surface area contributed by atoms with Crippen LogP contribution in [0.3, 0.4) is 0 Å². The Kier molecular flexibility index (Phi) is 3.98. The maximum atomic E-state index is 12.2. The Bertz CT molecular complexity index is 586. The lowest BCUT2D eigenvalue weighted by Crippen LogP contribution is -2.26. The molecule has 0 fully saturated rings. The van der Waals surface area contributed by atoms with Gasteiger partial charge in [0.15, 0.2) is 0 Å². The molecule has 0 bridgehead atoms. The molecule has 0 aliphatic rings. The largest absolute Gasteiger partial charge is 0.397 e. The second-order valence-corrected chi connectivity index (χ2v) is 5.07. The minimum Gasteiger partial charge on any atom is -0.397 e. The zero-order chi connectivity index (χ0) is 14.7. The Balaban J connectivity index is 2.03. The number of amides is 1. The Morgan fingerprint density at radius 1 is 1.20 bits per heavy atom. The number of benzene rings is 1. The molecule has 0 saturated heterocycles. The summed E-state index contributed by atoms with van der Waals surface area (Å²) in [4.78, 5) is 18.7. The Morgan fingerprint density at radius 2 is 1.85 bits per heavy atom. The summed E-state index contributed by atoms with van der Waals surface area (Å²) in [5.41, 5.74) is 8.91. The number of nitrogens with two attached hydrogens (primary N) is 1. The summed E-state index contributed by atoms with van der Waals surface area (Å²) < 4.78 is 0. The van der Waals surface area contributed by atoms with Gasteiger partial charge >= 0.3 is 0 Å². The first-order valence-corrected chi connectivity index (χ1v) is 6.43. The highest BCUT2D eigenvalue weighted by Gasteiger charge is 2.13. The number of carbonyl (C=O) groups is 1. The first-order valence-electron chi connectivity index (χ1n) is 6.43. The van der Waals surface area contributed by atoms with Crippen LogP contribution >= 0.6 is 0 Å². The molecule has 1 aromatic heterocycles. The van der Waals surface area contributed by atoms with Crippen molar-refractivity contribution in [2.45, 2.75) is 6.54 Å². The fraction of sp³-hybridized carbons (Fsp3) is 0.267. The molecule has 2 rings (SSSR count). The van der Waals surface area contributed by atoms with E-state index in [1.54, 1.807) is 24.2 Å². The number of nitrogens with zero attached hydrogens (tertiary/aromatic N) is 2. The Hall–Kier alpha value is -2.43. The van der Waals surface area contributed by atoms with E-state index in [1.807, 2.05) is 43.3 Å². The maximum Gasteiger partial charge on any atom is 0.270 e. The number of H-pyrrole nitrogens is 1. The molecule has 0 atom stereocenters. The molecule has 2 aromatic rings. The summed E-state index contributed by atoms with van der Waals surface area (Å²) in [6.07, 6.45) is 1.62. The van der Waals surface area contributed by atoms with Gasteiger partial charge in [0, 0.05) is 45.3 Å². The third-order valence-corrected chi connectivity index (χ3v) is 3.15. The first-order chi connectivity index (χ1) is 9.47. The highest BCUT2D eigenvalue weighted by atomic mass is 16.2. The van der Waals surface area contributed by atoms with E-state index in [0.717, 1.165) is 11.3 Å². The van der Waals surface area contributed by atoms with Crippen molar-refractivity contribution < 1.29 is 4.79 Å². The second kappa shape index (κ2) is 5.69. The van der Waals surface area contributed by atoms with Gasteiger partial charge in [0.1, 0.15) is 5.69 Å². The molecule has 20 heavy (non-hydrogen) atoms. The molecule has 1 aromatic carbocycles. The van der Waals surface area contributed by atoms with E-state index in [-0.39, 0.29) is 5.91 Å². The highest BCUT2D eigenvalue weighted by molar-refractivity contribution is 5.93. The van der Waals surface area contributed by atoms with Crippen LogP contribution in [0.25, 0.3) is 0 Å². The van der Waals surface area contributed by atoms with Crippen molar-refractivity contribution in [1.82, 2.24) is 9.88 Å². The van der Waals surface area contributed by atoms with Crippen molar-refractivity contribution in [3.63, 3.8) is 0 Å². The summed E-state index contributed by atoms with van der Waals surface area (Å²) in [5.74, 6) is -0.0709. The van der Waals surface area contributed by atoms with Gasteiger partial charge in [-0.1, -0.05) is 12.1 Å². The molecule has 0 aliphatic carbocycles. The molecule has 3 N–H and O–H groups in total. The Morgan fingerprint density at radius 3 is 2.35 bits per heavy atom. The number of carbonyl (C=O) groups excluding carboxylic acids is 1. The number of aromatic nitrogens is 1. The van der Waals surface area contributed by atoms with E-state index in [9.17, 15) is 4.79 Å². The minimum atomic E-state index is -0.0709. The average molecular weight is 272 g/mol. The summed E-state index contributed by atoms with van der Waals surface area (Å²) >= 11 is 0. The molecule has 1 heterocycles. The highest BCUT2D eigenvalue weighted by Crippen LogP contribution is 2.14. The Labute approximate surface area is 119 Å². The van der Waals surface area contributed by atoms with Gasteiger partial charge in [-0.15, -0.1) is 0 Å². The summed E-state index contributed by atoms with van der Waals surface area (Å²) in [6, 6.07) is 9.79. The third-order valence-electron chi connectivity index (χ3n) is 3.15. The fourth-order valence-corrected chi connectivity index (χ4v) is 1.99. The molecule has 5 nitrogen and oxygen atoms in total. The van der Waals surface area contributed by atoms with Crippen LogP contribution in [0.4, 0.5) is 11.4 Å². The lowest BCUT2D eigenvalue weighted by atomic mass is 10.2. The van der Waals surface area contributed by atoms with Crippen molar-refractivity contribution in [2.24, 2.45) is 0 Å². The number of rotatable bonds is 4. The minimum absolute atomic E-state index is 0.0709. The van der Waals surface area contributed by atoms with Crippen LogP contribution in [-0.2, 0) is 6.54 Å². The monoisotopic (exact) mass is 272 g/mol. The summed E-state index contributed by atoms with van der Waals surface area (Å²) in [6.45, 7) is 0.561. The summed E-state index contributed by atoms with van der Waals surface area (Å²) in [5, 5.41) is 0. The van der Waals surface area contributed by atoms with Gasteiger partial charge in [-0.2, -0.15) is 0 Å². The van der Waals surface area contributed by atoms with Crippen molar-refractivity contribution in [3.05, 3.63) is 47.8 Å². The van der Waals surface area contributed by atoms with E-state index < -0.39 is 0 Å². The van der Waals surface area contributed by atoms with Gasteiger partial charge < -0.3 is 20.5 Å². The molecule has 106 valence electrons. The molecule has 0 spiro atoms. The molecule has 1 amide bonds. The van der Waals surface area contributed by atoms with Crippen molar-refractivity contribution in [2.75, 3.05) is 31.8 Å². The van der Waals surface area contributed by atoms with Crippen molar-refractivity contribution in [3.8, 4) is 0 Å². The standard InChI is InChI=1S/C15H20N4O/c1-18(2)13-6-4-11(5-7-13)10-19(3)15(20)14-8-12(16)9-17-14/h4-9,17H,10,16H2,1-3H3. The molecule has 0 aliphatic heterocycles. The van der Waals surface area contributed by atoms with Gasteiger partial charge in [0.25, 0.3) is 5.91 Å². The summed E-state index contributed by atoms with van der Waals surface area (Å²) in [7, 11) is 5.78. The van der Waals surface area contributed by atoms with E-state index in [4.69, 9.17) is 5.73 Å². The van der Waals surface area contributed by atoms with Gasteiger partial charge in [-0.25, -0.2) is 0 Å². The van der Waals surface area contributed by atoms with E-state index in [1.165, 1.54) is 0 Å². The van der Waals surface area contributed by atoms with Crippen LogP contribution in [0.5, 0.6) is 0 Å². The number of aromatic amines is 1. The number of nitrogen functional groups attached to an aromatic ring is 1. The lowest BCUT2D eigenvalue weighted by molar-refractivity contribution is 0.0780. The van der Waals surface area contributed by atoms with Crippen LogP contribution < -0.4 is 10.6 Å². The number of nitrogens with one attached hydrogen (secondary N) is 1. The van der Waals surface area contributed by atoms with Crippen LogP contribution in [0.15, 0.2) is 36.5 Å². The molecule has 5 heteroatoms. The van der Waals surface area contributed by atoms with Crippen LogP contribution in [0.1, 0.15) is 16.1 Å². The molecule has 0 saturated carbocycles. The smallest absolute Gasteiger partial charge is 0.270 e. The SMILES string of the molecule is CN(Cc1ccc(N(C)C)cc1)C(=O)c1cc(N)c[nH]1. The van der Waals surface area contributed by atoms with Crippen molar-refractivity contribution >= 4 is 17.3 Å². The van der Waals surface area contributed by atoms with Crippen LogP contribution in [0.2, 0.25) is 0 Å². The van der Waals surface area contributed by atoms with Crippen LogP contribution in [-0.4, -0.2) is 36.9 Å².